The van der Waals surface area contributed by atoms with Gasteiger partial charge >= 0.3 is 5.97 Å². The molecule has 150 valence electrons. The molecule has 4 rings (SSSR count). The maximum absolute atomic E-state index is 13.5. The van der Waals surface area contributed by atoms with E-state index in [2.05, 4.69) is 4.98 Å². The molecule has 1 aromatic heterocycles. The van der Waals surface area contributed by atoms with Crippen LogP contribution in [0.4, 0.5) is 5.69 Å². The van der Waals surface area contributed by atoms with Gasteiger partial charge in [-0.05, 0) is 24.3 Å². The fourth-order valence-corrected chi connectivity index (χ4v) is 3.40. The van der Waals surface area contributed by atoms with Crippen LogP contribution in [0.15, 0.2) is 85.1 Å². The van der Waals surface area contributed by atoms with Gasteiger partial charge in [0, 0.05) is 48.0 Å². The molecule has 5 heteroatoms. The Morgan fingerprint density at radius 1 is 0.900 bits per heavy atom. The molecule has 5 nitrogen and oxygen atoms in total. The Morgan fingerprint density at radius 2 is 1.63 bits per heavy atom. The van der Waals surface area contributed by atoms with Gasteiger partial charge in [0.05, 0.1) is 5.56 Å². The maximum atomic E-state index is 13.5. The van der Waals surface area contributed by atoms with E-state index in [4.69, 9.17) is 4.74 Å². The molecule has 1 atom stereocenters. The van der Waals surface area contributed by atoms with E-state index < -0.39 is 12.1 Å². The summed E-state index contributed by atoms with van der Waals surface area (Å²) >= 11 is 0. The number of para-hydroxylation sites is 1. The van der Waals surface area contributed by atoms with Crippen LogP contribution in [0, 0.1) is 0 Å². The molecule has 0 aliphatic rings. The Balaban J connectivity index is 1.70. The molecule has 1 heterocycles. The Morgan fingerprint density at radius 3 is 2.40 bits per heavy atom. The second-order valence-corrected chi connectivity index (χ2v) is 7.25. The van der Waals surface area contributed by atoms with Crippen molar-refractivity contribution in [2.75, 3.05) is 19.0 Å². The van der Waals surface area contributed by atoms with Gasteiger partial charge in [0.25, 0.3) is 0 Å². The van der Waals surface area contributed by atoms with Gasteiger partial charge in [0.15, 0.2) is 6.10 Å². The first-order valence-electron chi connectivity index (χ1n) is 9.68. The molecule has 0 bridgehead atoms. The predicted octanol–water partition coefficient (Wildman–Crippen LogP) is 5.01. The Bertz CT molecular complexity index is 1200. The molecule has 0 aliphatic heterocycles. The van der Waals surface area contributed by atoms with E-state index in [1.54, 1.807) is 36.5 Å². The van der Waals surface area contributed by atoms with Crippen molar-refractivity contribution in [1.29, 1.82) is 0 Å². The molecule has 0 saturated carbocycles. The molecule has 0 saturated heterocycles. The summed E-state index contributed by atoms with van der Waals surface area (Å²) in [7, 11) is 3.80. The Hall–Kier alpha value is -3.86. The largest absolute Gasteiger partial charge is 0.445 e. The quantitative estimate of drug-likeness (QED) is 0.366. The van der Waals surface area contributed by atoms with E-state index in [0.717, 1.165) is 16.6 Å². The number of rotatable bonds is 6. The highest BCUT2D eigenvalue weighted by atomic mass is 16.5. The molecule has 0 radical (unpaired) electrons. The smallest absolute Gasteiger partial charge is 0.339 e. The number of aromatic amines is 1. The number of ketones is 1. The van der Waals surface area contributed by atoms with Gasteiger partial charge in [0.2, 0.25) is 5.78 Å². The summed E-state index contributed by atoms with van der Waals surface area (Å²) in [5, 5.41) is 0.800. The van der Waals surface area contributed by atoms with Crippen molar-refractivity contribution in [3.05, 3.63) is 102 Å². The summed E-state index contributed by atoms with van der Waals surface area (Å²) in [6.07, 6.45) is 0.629. The number of hydrogen-bond donors (Lipinski definition) is 1. The number of hydrogen-bond acceptors (Lipinski definition) is 4. The van der Waals surface area contributed by atoms with Crippen LogP contribution in [0.2, 0.25) is 0 Å². The number of esters is 1. The normalized spacial score (nSPS) is 11.8. The van der Waals surface area contributed by atoms with Crippen LogP contribution in [0.3, 0.4) is 0 Å². The van der Waals surface area contributed by atoms with Gasteiger partial charge < -0.3 is 14.6 Å². The number of aromatic nitrogens is 1. The number of carbonyl (C=O) groups is 2. The average Bonchev–Trinajstić information content (AvgIpc) is 3.21. The molecule has 0 amide bonds. The summed E-state index contributed by atoms with van der Waals surface area (Å²) in [5.41, 5.74) is 3.26. The van der Waals surface area contributed by atoms with Crippen molar-refractivity contribution in [2.45, 2.75) is 6.10 Å². The molecule has 0 aliphatic carbocycles. The SMILES string of the molecule is CN(C)c1cccc(C(=O)O[C@@H](C(=O)c2c[nH]c3ccccc23)c2ccccc2)c1. The van der Waals surface area contributed by atoms with E-state index in [1.807, 2.05) is 67.5 Å². The number of anilines is 1. The molecule has 30 heavy (non-hydrogen) atoms. The minimum absolute atomic E-state index is 0.268. The number of Topliss-reactive ketones (excluding diaryl/α,β-unsaturated/α-hetero) is 1. The van der Waals surface area contributed by atoms with E-state index in [9.17, 15) is 9.59 Å². The summed E-state index contributed by atoms with van der Waals surface area (Å²) < 4.78 is 5.77. The number of fused-ring (bicyclic) bond motifs is 1. The zero-order valence-electron chi connectivity index (χ0n) is 16.8. The van der Waals surface area contributed by atoms with Gasteiger partial charge in [-0.15, -0.1) is 0 Å². The van der Waals surface area contributed by atoms with Crippen LogP contribution in [-0.2, 0) is 4.74 Å². The number of benzene rings is 3. The van der Waals surface area contributed by atoms with E-state index in [0.29, 0.717) is 16.7 Å². The summed E-state index contributed by atoms with van der Waals surface area (Å²) in [4.78, 5) is 31.4. The summed E-state index contributed by atoms with van der Waals surface area (Å²) in [6, 6.07) is 23.8. The fourth-order valence-electron chi connectivity index (χ4n) is 3.40. The van der Waals surface area contributed by atoms with Crippen LogP contribution in [-0.4, -0.2) is 30.8 Å². The molecular weight excluding hydrogens is 376 g/mol. The second-order valence-electron chi connectivity index (χ2n) is 7.25. The number of nitrogens with zero attached hydrogens (tertiary/aromatic N) is 1. The van der Waals surface area contributed by atoms with E-state index in [1.165, 1.54) is 0 Å². The van der Waals surface area contributed by atoms with Crippen molar-refractivity contribution in [1.82, 2.24) is 4.98 Å². The van der Waals surface area contributed by atoms with Crippen LogP contribution in [0.1, 0.15) is 32.4 Å². The lowest BCUT2D eigenvalue weighted by atomic mass is 9.99. The number of ether oxygens (including phenoxy) is 1. The highest BCUT2D eigenvalue weighted by Crippen LogP contribution is 2.28. The lowest BCUT2D eigenvalue weighted by molar-refractivity contribution is 0.0280. The van der Waals surface area contributed by atoms with Crippen LogP contribution >= 0.6 is 0 Å². The first-order chi connectivity index (χ1) is 14.5. The number of H-pyrrole nitrogens is 1. The molecule has 0 fully saturated rings. The van der Waals surface area contributed by atoms with Crippen molar-refractivity contribution >= 4 is 28.3 Å². The molecule has 0 spiro atoms. The summed E-state index contributed by atoms with van der Waals surface area (Å²) in [5.74, 6) is -0.809. The Kier molecular flexibility index (Phi) is 5.35. The fraction of sp³-hybridized carbons (Fsp3) is 0.120. The number of nitrogens with one attached hydrogen (secondary N) is 1. The van der Waals surface area contributed by atoms with Gasteiger partial charge in [0.1, 0.15) is 0 Å². The summed E-state index contributed by atoms with van der Waals surface area (Å²) in [6.45, 7) is 0. The lowest BCUT2D eigenvalue weighted by Crippen LogP contribution is -2.20. The standard InChI is InChI=1S/C25H22N2O3/c1-27(2)19-12-8-11-18(15-19)25(29)30-24(17-9-4-3-5-10-17)23(28)21-16-26-22-14-7-6-13-20(21)22/h3-16,24,26H,1-2H3/t24-/m1/s1. The molecule has 0 unspecified atom stereocenters. The third-order valence-corrected chi connectivity index (χ3v) is 5.02. The lowest BCUT2D eigenvalue weighted by Gasteiger charge is -2.18. The molecule has 4 aromatic rings. The Labute approximate surface area is 174 Å². The zero-order valence-corrected chi connectivity index (χ0v) is 16.8. The monoisotopic (exact) mass is 398 g/mol. The van der Waals surface area contributed by atoms with Crippen LogP contribution in [0.25, 0.3) is 10.9 Å². The first kappa shape index (κ1) is 19.5. The highest BCUT2D eigenvalue weighted by Gasteiger charge is 2.28. The minimum Gasteiger partial charge on any atom is -0.445 e. The van der Waals surface area contributed by atoms with E-state index in [-0.39, 0.29) is 5.78 Å². The maximum Gasteiger partial charge on any atom is 0.339 e. The predicted molar refractivity (Wildman–Crippen MR) is 118 cm³/mol. The third kappa shape index (κ3) is 3.82. The molecular formula is C25H22N2O3. The van der Waals surface area contributed by atoms with E-state index >= 15 is 0 Å². The van der Waals surface area contributed by atoms with Crippen LogP contribution < -0.4 is 4.90 Å². The van der Waals surface area contributed by atoms with Crippen molar-refractivity contribution in [3.63, 3.8) is 0 Å². The van der Waals surface area contributed by atoms with Gasteiger partial charge in [-0.2, -0.15) is 0 Å². The van der Waals surface area contributed by atoms with Gasteiger partial charge in [-0.1, -0.05) is 54.6 Å². The van der Waals surface area contributed by atoms with Crippen molar-refractivity contribution in [2.24, 2.45) is 0 Å². The highest BCUT2D eigenvalue weighted by molar-refractivity contribution is 6.11. The van der Waals surface area contributed by atoms with Gasteiger partial charge in [-0.3, -0.25) is 4.79 Å². The van der Waals surface area contributed by atoms with Gasteiger partial charge in [-0.25, -0.2) is 4.79 Å². The average molecular weight is 398 g/mol. The molecule has 1 N–H and O–H groups in total. The topological polar surface area (TPSA) is 62.4 Å². The first-order valence-corrected chi connectivity index (χ1v) is 9.68. The van der Waals surface area contributed by atoms with Crippen molar-refractivity contribution in [3.8, 4) is 0 Å². The zero-order chi connectivity index (χ0) is 21.1. The minimum atomic E-state index is -1.04. The van der Waals surface area contributed by atoms with Crippen LogP contribution in [0.5, 0.6) is 0 Å². The third-order valence-electron chi connectivity index (χ3n) is 5.02. The molecule has 3 aromatic carbocycles. The van der Waals surface area contributed by atoms with Crippen molar-refractivity contribution < 1.29 is 14.3 Å². The number of carbonyl (C=O) groups excluding carboxylic acids is 2. The second kappa shape index (κ2) is 8.25.